The molecule has 0 fully saturated rings. The number of aryl methyl sites for hydroxylation is 1. The van der Waals surface area contributed by atoms with E-state index in [2.05, 4.69) is 10.3 Å². The highest BCUT2D eigenvalue weighted by atomic mass is 32.1. The van der Waals surface area contributed by atoms with Gasteiger partial charge in [-0.05, 0) is 26.0 Å². The van der Waals surface area contributed by atoms with Crippen molar-refractivity contribution >= 4 is 39.1 Å². The summed E-state index contributed by atoms with van der Waals surface area (Å²) in [5.41, 5.74) is -2.47. The summed E-state index contributed by atoms with van der Waals surface area (Å²) in [7, 11) is 0. The van der Waals surface area contributed by atoms with Gasteiger partial charge in [-0.2, -0.15) is 13.2 Å². The Morgan fingerprint density at radius 1 is 1.28 bits per heavy atom. The predicted octanol–water partition coefficient (Wildman–Crippen LogP) is 3.68. The average Bonchev–Trinajstić information content (AvgIpc) is 3.05. The van der Waals surface area contributed by atoms with Gasteiger partial charge in [0, 0.05) is 5.38 Å². The number of carbonyl (C=O) groups is 2. The Kier molecular flexibility index (Phi) is 5.18. The second-order valence-corrected chi connectivity index (χ2v) is 7.04. The maximum absolute atomic E-state index is 13.1. The molecule has 7 nitrogen and oxygen atoms in total. The first-order valence-corrected chi connectivity index (χ1v) is 9.11. The van der Waals surface area contributed by atoms with Gasteiger partial charge in [-0.15, -0.1) is 11.3 Å². The van der Waals surface area contributed by atoms with Gasteiger partial charge >= 0.3 is 12.1 Å². The van der Waals surface area contributed by atoms with Crippen LogP contribution in [-0.2, 0) is 11.0 Å². The molecule has 2 N–H and O–H groups in total. The number of alkyl halides is 3. The number of carboxylic acids is 1. The van der Waals surface area contributed by atoms with E-state index in [1.54, 1.807) is 0 Å². The highest BCUT2D eigenvalue weighted by molar-refractivity contribution is 7.17. The van der Waals surface area contributed by atoms with Crippen LogP contribution in [-0.4, -0.2) is 26.5 Å². The summed E-state index contributed by atoms with van der Waals surface area (Å²) in [4.78, 5) is 41.2. The molecule has 0 spiro atoms. The van der Waals surface area contributed by atoms with Crippen LogP contribution in [0, 0.1) is 6.92 Å². The summed E-state index contributed by atoms with van der Waals surface area (Å²) in [6.45, 7) is 2.77. The lowest BCUT2D eigenvalue weighted by atomic mass is 10.1. The van der Waals surface area contributed by atoms with Crippen LogP contribution in [0.3, 0.4) is 0 Å². The largest absolute Gasteiger partial charge is 0.478 e. The van der Waals surface area contributed by atoms with Crippen LogP contribution < -0.4 is 10.9 Å². The van der Waals surface area contributed by atoms with Gasteiger partial charge in [-0.1, -0.05) is 12.1 Å². The lowest BCUT2D eigenvalue weighted by molar-refractivity contribution is -0.137. The third-order valence-electron chi connectivity index (χ3n) is 4.30. The smallest absolute Gasteiger partial charge is 0.418 e. The number of hydrogen-bond donors (Lipinski definition) is 2. The van der Waals surface area contributed by atoms with Crippen LogP contribution in [0.15, 0.2) is 34.4 Å². The molecule has 29 heavy (non-hydrogen) atoms. The monoisotopic (exact) mass is 425 g/mol. The van der Waals surface area contributed by atoms with E-state index in [0.717, 1.165) is 28.0 Å². The summed E-state index contributed by atoms with van der Waals surface area (Å²) >= 11 is 0.976. The highest BCUT2D eigenvalue weighted by Gasteiger charge is 2.34. The molecule has 1 aromatic carbocycles. The lowest BCUT2D eigenvalue weighted by Gasteiger charge is -2.19. The molecule has 1 atom stereocenters. The molecule has 1 unspecified atom stereocenters. The Labute approximate surface area is 165 Å². The number of rotatable bonds is 4. The predicted molar refractivity (Wildman–Crippen MR) is 100 cm³/mol. The second kappa shape index (κ2) is 7.32. The molecular formula is C18H14F3N3O4S. The molecule has 11 heteroatoms. The van der Waals surface area contributed by atoms with E-state index in [-0.39, 0.29) is 21.6 Å². The molecule has 3 rings (SSSR count). The number of amides is 1. The Morgan fingerprint density at radius 2 is 1.93 bits per heavy atom. The zero-order chi connectivity index (χ0) is 21.5. The number of halogens is 3. The van der Waals surface area contributed by atoms with Gasteiger partial charge in [-0.3, -0.25) is 14.2 Å². The van der Waals surface area contributed by atoms with E-state index in [9.17, 15) is 32.7 Å². The van der Waals surface area contributed by atoms with E-state index in [4.69, 9.17) is 0 Å². The van der Waals surface area contributed by atoms with Crippen molar-refractivity contribution < 1.29 is 27.9 Å². The molecule has 0 aliphatic heterocycles. The number of fused-ring (bicyclic) bond motifs is 1. The number of benzene rings is 1. The van der Waals surface area contributed by atoms with Crippen molar-refractivity contribution in [1.82, 2.24) is 9.55 Å². The Morgan fingerprint density at radius 3 is 2.55 bits per heavy atom. The first-order valence-electron chi connectivity index (χ1n) is 8.23. The zero-order valence-electron chi connectivity index (χ0n) is 15.1. The average molecular weight is 425 g/mol. The van der Waals surface area contributed by atoms with Gasteiger partial charge in [0.1, 0.15) is 16.7 Å². The van der Waals surface area contributed by atoms with Gasteiger partial charge in [0.2, 0.25) is 5.91 Å². The van der Waals surface area contributed by atoms with Crippen LogP contribution in [0.4, 0.5) is 18.9 Å². The van der Waals surface area contributed by atoms with Crippen LogP contribution in [0.5, 0.6) is 0 Å². The molecule has 1 amide bonds. The fourth-order valence-electron chi connectivity index (χ4n) is 2.91. The summed E-state index contributed by atoms with van der Waals surface area (Å²) in [5.74, 6) is -2.06. The number of anilines is 1. The Hall–Kier alpha value is -3.21. The molecule has 0 radical (unpaired) electrons. The third-order valence-corrected chi connectivity index (χ3v) is 5.18. The van der Waals surface area contributed by atoms with Crippen molar-refractivity contribution in [3.05, 3.63) is 57.0 Å². The lowest BCUT2D eigenvalue weighted by Crippen LogP contribution is -2.34. The number of para-hydroxylation sites is 1. The van der Waals surface area contributed by atoms with E-state index >= 15 is 0 Å². The third kappa shape index (κ3) is 3.73. The highest BCUT2D eigenvalue weighted by Crippen LogP contribution is 2.34. The van der Waals surface area contributed by atoms with Crippen LogP contribution in [0.25, 0.3) is 10.2 Å². The van der Waals surface area contributed by atoms with E-state index in [1.807, 2.05) is 0 Å². The normalized spacial score (nSPS) is 12.7. The van der Waals surface area contributed by atoms with E-state index in [0.29, 0.717) is 0 Å². The number of carbonyl (C=O) groups excluding carboxylic acids is 1. The molecule has 152 valence electrons. The minimum Gasteiger partial charge on any atom is -0.478 e. The topological polar surface area (TPSA) is 101 Å². The Balaban J connectivity index is 2.03. The summed E-state index contributed by atoms with van der Waals surface area (Å²) in [5, 5.41) is 12.6. The standard InChI is InChI=1S/C18H14F3N3O4S/c1-8(14(25)23-12-6-4-3-5-11(12)18(19,20)21)24-9(2)22-15-13(16(24)26)10(7-29-15)17(27)28/h3-8H,1-2H3,(H,23,25)(H,27,28). The van der Waals surface area contributed by atoms with Crippen molar-refractivity contribution in [2.45, 2.75) is 26.1 Å². The van der Waals surface area contributed by atoms with Crippen molar-refractivity contribution in [1.29, 1.82) is 0 Å². The molecule has 0 bridgehead atoms. The quantitative estimate of drug-likeness (QED) is 0.664. The first kappa shape index (κ1) is 20.5. The van der Waals surface area contributed by atoms with Gasteiger partial charge in [0.15, 0.2) is 0 Å². The molecular weight excluding hydrogens is 411 g/mol. The van der Waals surface area contributed by atoms with Crippen molar-refractivity contribution in [3.8, 4) is 0 Å². The number of carboxylic acid groups (broad SMARTS) is 1. The summed E-state index contributed by atoms with van der Waals surface area (Å²) < 4.78 is 40.4. The molecule has 2 heterocycles. The molecule has 0 saturated carbocycles. The fourth-order valence-corrected chi connectivity index (χ4v) is 3.86. The molecule has 2 aromatic heterocycles. The van der Waals surface area contributed by atoms with Crippen molar-refractivity contribution in [2.24, 2.45) is 0 Å². The van der Waals surface area contributed by atoms with E-state index < -0.39 is 40.9 Å². The van der Waals surface area contributed by atoms with E-state index in [1.165, 1.54) is 31.4 Å². The van der Waals surface area contributed by atoms with Crippen LogP contribution >= 0.6 is 11.3 Å². The molecule has 0 aliphatic carbocycles. The van der Waals surface area contributed by atoms with Crippen LogP contribution in [0.2, 0.25) is 0 Å². The van der Waals surface area contributed by atoms with Gasteiger partial charge in [0.25, 0.3) is 5.56 Å². The molecule has 0 aliphatic rings. The Bertz CT molecular complexity index is 1180. The number of nitrogens with one attached hydrogen (secondary N) is 1. The van der Waals surface area contributed by atoms with Crippen molar-refractivity contribution in [3.63, 3.8) is 0 Å². The number of hydrogen-bond acceptors (Lipinski definition) is 5. The zero-order valence-corrected chi connectivity index (χ0v) is 15.9. The molecule has 0 saturated heterocycles. The summed E-state index contributed by atoms with van der Waals surface area (Å²) in [6.07, 6.45) is -4.67. The van der Waals surface area contributed by atoms with Gasteiger partial charge in [-0.25, -0.2) is 9.78 Å². The minimum absolute atomic E-state index is 0.132. The maximum atomic E-state index is 13.1. The molecule has 3 aromatic rings. The minimum atomic E-state index is -4.67. The van der Waals surface area contributed by atoms with Crippen molar-refractivity contribution in [2.75, 3.05) is 5.32 Å². The number of aromatic nitrogens is 2. The number of thiophene rings is 1. The number of nitrogens with zero attached hydrogens (tertiary/aromatic N) is 2. The summed E-state index contributed by atoms with van der Waals surface area (Å²) in [6, 6.07) is 3.23. The number of aromatic carboxylic acids is 1. The van der Waals surface area contributed by atoms with Gasteiger partial charge < -0.3 is 10.4 Å². The second-order valence-electron chi connectivity index (χ2n) is 6.18. The SMILES string of the molecule is Cc1nc2scc(C(=O)O)c2c(=O)n1C(C)C(=O)Nc1ccccc1C(F)(F)F. The van der Waals surface area contributed by atoms with Gasteiger partial charge in [0.05, 0.1) is 22.2 Å². The maximum Gasteiger partial charge on any atom is 0.418 e. The van der Waals surface area contributed by atoms with Crippen LogP contribution in [0.1, 0.15) is 34.7 Å². The first-order chi connectivity index (χ1) is 13.5. The fraction of sp³-hybridized carbons (Fsp3) is 0.222.